The maximum Gasteiger partial charge on any atom is 0.0108 e. The molecule has 2 heterocycles. The molecule has 4 fully saturated rings. The van der Waals surface area contributed by atoms with Crippen LogP contribution < -0.4 is 10.6 Å². The van der Waals surface area contributed by atoms with Gasteiger partial charge in [-0.15, -0.1) is 0 Å². The van der Waals surface area contributed by atoms with E-state index in [0.717, 1.165) is 23.9 Å². The van der Waals surface area contributed by atoms with Gasteiger partial charge in [-0.3, -0.25) is 0 Å². The molecule has 2 heteroatoms. The van der Waals surface area contributed by atoms with Gasteiger partial charge in [-0.05, 0) is 50.6 Å². The molecular weight excluding hydrogens is 172 g/mol. The van der Waals surface area contributed by atoms with Gasteiger partial charge in [0.2, 0.25) is 0 Å². The van der Waals surface area contributed by atoms with Gasteiger partial charge in [0.25, 0.3) is 0 Å². The van der Waals surface area contributed by atoms with Crippen molar-refractivity contribution in [3.8, 4) is 0 Å². The van der Waals surface area contributed by atoms with Gasteiger partial charge in [0, 0.05) is 12.1 Å². The van der Waals surface area contributed by atoms with Crippen molar-refractivity contribution in [3.05, 3.63) is 0 Å². The molecule has 0 amide bonds. The summed E-state index contributed by atoms with van der Waals surface area (Å²) in [6.07, 6.45) is 8.84. The first-order chi connectivity index (χ1) is 6.93. The maximum absolute atomic E-state index is 3.41. The molecule has 2 saturated heterocycles. The summed E-state index contributed by atoms with van der Waals surface area (Å²) >= 11 is 0. The maximum atomic E-state index is 3.41. The molecule has 0 unspecified atom stereocenters. The molecule has 0 spiro atoms. The molecule has 2 nitrogen and oxygen atoms in total. The number of hydrogen-bond acceptors (Lipinski definition) is 2. The quantitative estimate of drug-likeness (QED) is 0.611. The molecule has 0 aromatic heterocycles. The van der Waals surface area contributed by atoms with Crippen LogP contribution >= 0.6 is 0 Å². The van der Waals surface area contributed by atoms with Crippen LogP contribution in [0.15, 0.2) is 0 Å². The van der Waals surface area contributed by atoms with Crippen LogP contribution in [0.4, 0.5) is 0 Å². The van der Waals surface area contributed by atoms with Crippen LogP contribution in [0.1, 0.15) is 38.5 Å². The van der Waals surface area contributed by atoms with Crippen LogP contribution in [0.3, 0.4) is 0 Å². The third-order valence-corrected chi connectivity index (χ3v) is 4.60. The molecule has 0 radical (unpaired) electrons. The average Bonchev–Trinajstić information content (AvgIpc) is 2.59. The standard InChI is InChI=1S/2C6H11N/c2*1-2-5-4-7-6(5)3-1/h2*5-7H,1-4H2/t2*5-,6-/m10/s1. The minimum Gasteiger partial charge on any atom is -0.313 e. The van der Waals surface area contributed by atoms with E-state index in [1.807, 2.05) is 0 Å². The van der Waals surface area contributed by atoms with E-state index in [0.29, 0.717) is 0 Å². The Hall–Kier alpha value is -0.0800. The van der Waals surface area contributed by atoms with Crippen molar-refractivity contribution >= 4 is 0 Å². The smallest absolute Gasteiger partial charge is 0.0108 e. The summed E-state index contributed by atoms with van der Waals surface area (Å²) in [5, 5.41) is 6.81. The molecule has 2 N–H and O–H groups in total. The normalized spacial score (nSPS) is 48.0. The van der Waals surface area contributed by atoms with Crippen LogP contribution in [0.5, 0.6) is 0 Å². The first-order valence-corrected chi connectivity index (χ1v) is 6.40. The Morgan fingerprint density at radius 3 is 1.29 bits per heavy atom. The zero-order chi connectivity index (χ0) is 9.38. The highest BCUT2D eigenvalue weighted by molar-refractivity contribution is 4.93. The van der Waals surface area contributed by atoms with E-state index in [4.69, 9.17) is 0 Å². The summed E-state index contributed by atoms with van der Waals surface area (Å²) in [5.74, 6) is 2.17. The van der Waals surface area contributed by atoms with E-state index in [1.54, 1.807) is 0 Å². The number of nitrogens with one attached hydrogen (secondary N) is 2. The first-order valence-electron chi connectivity index (χ1n) is 6.40. The molecule has 4 rings (SSSR count). The minimum absolute atomic E-state index is 0.944. The van der Waals surface area contributed by atoms with Gasteiger partial charge < -0.3 is 10.6 Å². The highest BCUT2D eigenvalue weighted by Gasteiger charge is 2.34. The second-order valence-electron chi connectivity index (χ2n) is 5.41. The predicted molar refractivity (Wildman–Crippen MR) is 58.3 cm³/mol. The third kappa shape index (κ3) is 1.59. The number of fused-ring (bicyclic) bond motifs is 2. The summed E-state index contributed by atoms with van der Waals surface area (Å²) in [4.78, 5) is 0. The lowest BCUT2D eigenvalue weighted by molar-refractivity contribution is 0.274. The van der Waals surface area contributed by atoms with E-state index in [-0.39, 0.29) is 0 Å². The van der Waals surface area contributed by atoms with Crippen molar-refractivity contribution < 1.29 is 0 Å². The molecule has 80 valence electrons. The van der Waals surface area contributed by atoms with Gasteiger partial charge in [0.15, 0.2) is 0 Å². The van der Waals surface area contributed by atoms with Gasteiger partial charge in [-0.1, -0.05) is 12.8 Å². The van der Waals surface area contributed by atoms with Crippen molar-refractivity contribution in [1.29, 1.82) is 0 Å². The first kappa shape index (κ1) is 9.17. The fourth-order valence-electron chi connectivity index (χ4n) is 3.38. The second-order valence-corrected chi connectivity index (χ2v) is 5.41. The van der Waals surface area contributed by atoms with E-state index >= 15 is 0 Å². The minimum atomic E-state index is 0.944. The van der Waals surface area contributed by atoms with Crippen LogP contribution in [-0.4, -0.2) is 25.2 Å². The van der Waals surface area contributed by atoms with Crippen LogP contribution in [0.25, 0.3) is 0 Å². The predicted octanol–water partition coefficient (Wildman–Crippen LogP) is 1.52. The van der Waals surface area contributed by atoms with Crippen molar-refractivity contribution in [3.63, 3.8) is 0 Å². The molecular formula is C12H22N2. The van der Waals surface area contributed by atoms with E-state index in [2.05, 4.69) is 10.6 Å². The van der Waals surface area contributed by atoms with Gasteiger partial charge in [-0.2, -0.15) is 0 Å². The van der Waals surface area contributed by atoms with Gasteiger partial charge in [0.1, 0.15) is 0 Å². The molecule has 14 heavy (non-hydrogen) atoms. The highest BCUT2D eigenvalue weighted by Crippen LogP contribution is 2.31. The molecule has 2 saturated carbocycles. The van der Waals surface area contributed by atoms with E-state index in [1.165, 1.54) is 51.6 Å². The number of rotatable bonds is 0. The molecule has 0 aromatic carbocycles. The lowest BCUT2D eigenvalue weighted by atomic mass is 9.96. The highest BCUT2D eigenvalue weighted by atomic mass is 15.0. The van der Waals surface area contributed by atoms with Crippen molar-refractivity contribution in [2.24, 2.45) is 11.8 Å². The Morgan fingerprint density at radius 1 is 0.643 bits per heavy atom. The molecule has 4 atom stereocenters. The average molecular weight is 194 g/mol. The van der Waals surface area contributed by atoms with Gasteiger partial charge in [0.05, 0.1) is 0 Å². The molecule has 0 bridgehead atoms. The largest absolute Gasteiger partial charge is 0.313 e. The van der Waals surface area contributed by atoms with Gasteiger partial charge >= 0.3 is 0 Å². The summed E-state index contributed by atoms with van der Waals surface area (Å²) < 4.78 is 0. The summed E-state index contributed by atoms with van der Waals surface area (Å²) in [6.45, 7) is 2.62. The fourth-order valence-corrected chi connectivity index (χ4v) is 3.38. The van der Waals surface area contributed by atoms with Gasteiger partial charge in [-0.25, -0.2) is 0 Å². The second kappa shape index (κ2) is 3.82. The monoisotopic (exact) mass is 194 g/mol. The number of hydrogen-bond donors (Lipinski definition) is 2. The molecule has 0 aromatic rings. The Bertz CT molecular complexity index is 162. The van der Waals surface area contributed by atoms with Crippen molar-refractivity contribution in [2.75, 3.05) is 13.1 Å². The van der Waals surface area contributed by atoms with E-state index < -0.39 is 0 Å². The summed E-state index contributed by atoms with van der Waals surface area (Å²) in [5.41, 5.74) is 0. The van der Waals surface area contributed by atoms with Crippen LogP contribution in [0.2, 0.25) is 0 Å². The van der Waals surface area contributed by atoms with Crippen molar-refractivity contribution in [2.45, 2.75) is 50.6 Å². The molecule has 2 aliphatic heterocycles. The van der Waals surface area contributed by atoms with E-state index in [9.17, 15) is 0 Å². The zero-order valence-electron chi connectivity index (χ0n) is 8.97. The Morgan fingerprint density at radius 2 is 1.14 bits per heavy atom. The summed E-state index contributed by atoms with van der Waals surface area (Å²) in [6, 6.07) is 1.89. The summed E-state index contributed by atoms with van der Waals surface area (Å²) in [7, 11) is 0. The lowest BCUT2D eigenvalue weighted by Crippen LogP contribution is -2.49. The lowest BCUT2D eigenvalue weighted by Gasteiger charge is -2.31. The molecule has 2 aliphatic carbocycles. The topological polar surface area (TPSA) is 24.1 Å². The fraction of sp³-hybridized carbons (Fsp3) is 1.00. The molecule has 4 aliphatic rings. The van der Waals surface area contributed by atoms with Crippen LogP contribution in [0, 0.1) is 11.8 Å². The Balaban J connectivity index is 0.0000000914. The Kier molecular flexibility index (Phi) is 2.50. The van der Waals surface area contributed by atoms with Crippen LogP contribution in [-0.2, 0) is 0 Å². The van der Waals surface area contributed by atoms with Crippen molar-refractivity contribution in [1.82, 2.24) is 10.6 Å². The SMILES string of the molecule is C1C[C@@H]2CN[C@@H]2C1.C1C[C@H]2CN[C@H]2C1. The zero-order valence-corrected chi connectivity index (χ0v) is 8.97. The Labute approximate surface area is 86.8 Å². The third-order valence-electron chi connectivity index (χ3n) is 4.60.